The lowest BCUT2D eigenvalue weighted by Crippen LogP contribution is -2.38. The Labute approximate surface area is 167 Å². The maximum Gasteiger partial charge on any atom is 0.319 e. The Balaban J connectivity index is 1.32. The summed E-state index contributed by atoms with van der Waals surface area (Å²) in [5.41, 5.74) is 2.92. The van der Waals surface area contributed by atoms with Crippen molar-refractivity contribution in [3.63, 3.8) is 0 Å². The summed E-state index contributed by atoms with van der Waals surface area (Å²) in [4.78, 5) is 12.1. The first-order valence-electron chi connectivity index (χ1n) is 9.03. The second-order valence-corrected chi connectivity index (χ2v) is 8.49. The van der Waals surface area contributed by atoms with Crippen LogP contribution in [0, 0.1) is 0 Å². The largest absolute Gasteiger partial charge is 0.423 e. The number of para-hydroxylation sites is 1. The molecule has 150 valence electrons. The van der Waals surface area contributed by atoms with Crippen molar-refractivity contribution in [2.45, 2.75) is 6.42 Å². The first kappa shape index (κ1) is 18.9. The summed E-state index contributed by atoms with van der Waals surface area (Å²) in [5.74, 6) is 0.155. The Morgan fingerprint density at radius 3 is 2.86 bits per heavy atom. The first-order valence-corrected chi connectivity index (χ1v) is 10.6. The topological polar surface area (TPSA) is 117 Å². The number of anilines is 2. The van der Waals surface area contributed by atoms with Gasteiger partial charge in [-0.3, -0.25) is 4.31 Å². The van der Waals surface area contributed by atoms with Gasteiger partial charge in [0.1, 0.15) is 0 Å². The number of amides is 2. The van der Waals surface area contributed by atoms with Gasteiger partial charge < -0.3 is 15.1 Å². The average Bonchev–Trinajstić information content (AvgIpc) is 3.38. The van der Waals surface area contributed by atoms with Crippen molar-refractivity contribution in [1.82, 2.24) is 15.5 Å². The van der Waals surface area contributed by atoms with E-state index >= 15 is 0 Å². The molecule has 9 nitrogen and oxygen atoms in total. The van der Waals surface area contributed by atoms with Crippen LogP contribution in [0.2, 0.25) is 0 Å². The van der Waals surface area contributed by atoms with E-state index in [4.69, 9.17) is 4.42 Å². The molecule has 0 fully saturated rings. The van der Waals surface area contributed by atoms with E-state index in [1.165, 1.54) is 10.7 Å². The van der Waals surface area contributed by atoms with Crippen LogP contribution in [0.25, 0.3) is 11.5 Å². The molecule has 0 saturated carbocycles. The number of fused-ring (bicyclic) bond motifs is 1. The third kappa shape index (κ3) is 4.21. The number of carbonyl (C=O) groups is 1. The van der Waals surface area contributed by atoms with Crippen molar-refractivity contribution in [3.8, 4) is 11.5 Å². The fourth-order valence-electron chi connectivity index (χ4n) is 3.20. The Bertz CT molecular complexity index is 1120. The molecular weight excluding hydrogens is 394 g/mol. The van der Waals surface area contributed by atoms with Gasteiger partial charge in [0, 0.05) is 24.3 Å². The normalized spacial score (nSPS) is 13.2. The van der Waals surface area contributed by atoms with Gasteiger partial charge >= 0.3 is 6.03 Å². The lowest BCUT2D eigenvalue weighted by molar-refractivity contribution is 0.252. The Kier molecular flexibility index (Phi) is 5.17. The molecule has 0 bridgehead atoms. The van der Waals surface area contributed by atoms with E-state index in [-0.39, 0.29) is 12.3 Å². The molecule has 0 saturated heterocycles. The zero-order valence-corrected chi connectivity index (χ0v) is 16.2. The highest BCUT2D eigenvalue weighted by Crippen LogP contribution is 2.29. The summed E-state index contributed by atoms with van der Waals surface area (Å²) in [7, 11) is -3.52. The van der Waals surface area contributed by atoms with Crippen LogP contribution in [0.1, 0.15) is 5.56 Å². The maximum absolute atomic E-state index is 12.6. The standard InChI is InChI=1S/C19H19N5O4S/c25-19(22-16-6-3-5-15(12-16)18-23-21-13-28-18)20-9-11-29(26,27)24-10-8-14-4-1-2-7-17(14)24/h1-7,12-13H,8-11H2,(H2,20,22,25). The predicted molar refractivity (Wildman–Crippen MR) is 108 cm³/mol. The molecule has 2 N–H and O–H groups in total. The first-order chi connectivity index (χ1) is 14.0. The lowest BCUT2D eigenvalue weighted by Gasteiger charge is -2.19. The van der Waals surface area contributed by atoms with Gasteiger partial charge in [-0.2, -0.15) is 0 Å². The van der Waals surface area contributed by atoms with Gasteiger partial charge in [-0.25, -0.2) is 13.2 Å². The van der Waals surface area contributed by atoms with Crippen molar-refractivity contribution in [1.29, 1.82) is 0 Å². The summed E-state index contributed by atoms with van der Waals surface area (Å²) in [6, 6.07) is 13.9. The third-order valence-corrected chi connectivity index (χ3v) is 6.32. The Morgan fingerprint density at radius 1 is 1.17 bits per heavy atom. The molecule has 1 aromatic heterocycles. The molecule has 10 heteroatoms. The van der Waals surface area contributed by atoms with Gasteiger partial charge in [0.2, 0.25) is 22.3 Å². The molecule has 1 aliphatic heterocycles. The molecule has 0 aliphatic carbocycles. The van der Waals surface area contributed by atoms with E-state index in [1.807, 2.05) is 18.2 Å². The highest BCUT2D eigenvalue weighted by molar-refractivity contribution is 7.92. The van der Waals surface area contributed by atoms with Crippen LogP contribution in [0.3, 0.4) is 0 Å². The van der Waals surface area contributed by atoms with Crippen LogP contribution in [-0.4, -0.2) is 43.5 Å². The van der Waals surface area contributed by atoms with Crippen molar-refractivity contribution < 1.29 is 17.6 Å². The fourth-order valence-corrected chi connectivity index (χ4v) is 4.63. The van der Waals surface area contributed by atoms with E-state index in [0.29, 0.717) is 30.1 Å². The molecule has 2 amide bonds. The van der Waals surface area contributed by atoms with Gasteiger partial charge in [-0.05, 0) is 36.2 Å². The lowest BCUT2D eigenvalue weighted by atomic mass is 10.2. The zero-order valence-electron chi connectivity index (χ0n) is 15.4. The van der Waals surface area contributed by atoms with Crippen LogP contribution in [-0.2, 0) is 16.4 Å². The van der Waals surface area contributed by atoms with Gasteiger partial charge in [-0.15, -0.1) is 10.2 Å². The summed E-state index contributed by atoms with van der Waals surface area (Å²) < 4.78 is 31.8. The molecule has 3 aromatic rings. The number of carbonyl (C=O) groups excluding carboxylic acids is 1. The minimum absolute atomic E-state index is 0.00379. The molecule has 0 spiro atoms. The van der Waals surface area contributed by atoms with E-state index in [9.17, 15) is 13.2 Å². The SMILES string of the molecule is O=C(NCCS(=O)(=O)N1CCc2ccccc21)Nc1cccc(-c2nnco2)c1. The molecule has 0 atom stereocenters. The Morgan fingerprint density at radius 2 is 2.03 bits per heavy atom. The monoisotopic (exact) mass is 413 g/mol. The molecule has 1 aliphatic rings. The van der Waals surface area contributed by atoms with Crippen LogP contribution in [0.4, 0.5) is 16.2 Å². The van der Waals surface area contributed by atoms with Crippen LogP contribution in [0.15, 0.2) is 59.3 Å². The number of nitrogens with one attached hydrogen (secondary N) is 2. The molecule has 4 rings (SSSR count). The van der Waals surface area contributed by atoms with Crippen molar-refractivity contribution >= 4 is 27.4 Å². The molecular formula is C19H19N5O4S. The van der Waals surface area contributed by atoms with E-state index in [1.54, 1.807) is 30.3 Å². The van der Waals surface area contributed by atoms with Gasteiger partial charge in [0.25, 0.3) is 0 Å². The van der Waals surface area contributed by atoms with Gasteiger partial charge in [0.05, 0.1) is 11.4 Å². The smallest absolute Gasteiger partial charge is 0.319 e. The highest BCUT2D eigenvalue weighted by atomic mass is 32.2. The quantitative estimate of drug-likeness (QED) is 0.640. The number of rotatable bonds is 6. The number of benzene rings is 2. The van der Waals surface area contributed by atoms with Crippen LogP contribution in [0.5, 0.6) is 0 Å². The third-order valence-electron chi connectivity index (χ3n) is 4.55. The molecule has 0 radical (unpaired) electrons. The van der Waals surface area contributed by atoms with Crippen LogP contribution >= 0.6 is 0 Å². The number of hydrogen-bond acceptors (Lipinski definition) is 6. The number of hydrogen-bond donors (Lipinski definition) is 2. The van der Waals surface area contributed by atoms with E-state index in [2.05, 4.69) is 20.8 Å². The minimum Gasteiger partial charge on any atom is -0.423 e. The zero-order chi connectivity index (χ0) is 20.3. The molecule has 29 heavy (non-hydrogen) atoms. The maximum atomic E-state index is 12.6. The predicted octanol–water partition coefficient (Wildman–Crippen LogP) is 2.25. The number of nitrogens with zero attached hydrogens (tertiary/aromatic N) is 3. The summed E-state index contributed by atoms with van der Waals surface area (Å²) in [5, 5.41) is 12.7. The van der Waals surface area contributed by atoms with Crippen molar-refractivity contribution in [2.24, 2.45) is 0 Å². The molecule has 2 aromatic carbocycles. The molecule has 0 unspecified atom stereocenters. The van der Waals surface area contributed by atoms with Crippen LogP contribution < -0.4 is 14.9 Å². The number of urea groups is 1. The second-order valence-electron chi connectivity index (χ2n) is 6.47. The summed E-state index contributed by atoms with van der Waals surface area (Å²) in [6.07, 6.45) is 1.92. The van der Waals surface area contributed by atoms with Gasteiger partial charge in [-0.1, -0.05) is 24.3 Å². The van der Waals surface area contributed by atoms with E-state index in [0.717, 1.165) is 11.3 Å². The van der Waals surface area contributed by atoms with E-state index < -0.39 is 16.1 Å². The Hall–Kier alpha value is -3.40. The average molecular weight is 413 g/mol. The van der Waals surface area contributed by atoms with Crippen molar-refractivity contribution in [3.05, 3.63) is 60.5 Å². The summed E-state index contributed by atoms with van der Waals surface area (Å²) in [6.45, 7) is 0.423. The number of sulfonamides is 1. The van der Waals surface area contributed by atoms with Crippen molar-refractivity contribution in [2.75, 3.05) is 28.5 Å². The number of aromatic nitrogens is 2. The highest BCUT2D eigenvalue weighted by Gasteiger charge is 2.28. The molecule has 2 heterocycles. The second kappa shape index (κ2) is 7.92. The fraction of sp³-hybridized carbons (Fsp3) is 0.211. The summed E-state index contributed by atoms with van der Waals surface area (Å²) >= 11 is 0. The van der Waals surface area contributed by atoms with Gasteiger partial charge in [0.15, 0.2) is 0 Å². The minimum atomic E-state index is -3.52.